The third kappa shape index (κ3) is 6.21. The van der Waals surface area contributed by atoms with Crippen molar-refractivity contribution in [3.8, 4) is 5.75 Å². The van der Waals surface area contributed by atoms with Crippen LogP contribution < -0.4 is 0 Å². The van der Waals surface area contributed by atoms with E-state index in [1.807, 2.05) is 6.92 Å². The van der Waals surface area contributed by atoms with E-state index in [-0.39, 0.29) is 11.5 Å². The monoisotopic (exact) mass is 316 g/mol. The summed E-state index contributed by atoms with van der Waals surface area (Å²) in [7, 11) is 0. The van der Waals surface area contributed by atoms with Crippen LogP contribution in [-0.4, -0.2) is 10.9 Å². The van der Waals surface area contributed by atoms with Gasteiger partial charge in [-0.3, -0.25) is 4.79 Å². The minimum atomic E-state index is 0.00255. The summed E-state index contributed by atoms with van der Waals surface area (Å²) in [6.07, 6.45) is 7.86. The summed E-state index contributed by atoms with van der Waals surface area (Å²) < 4.78 is 0. The summed E-state index contributed by atoms with van der Waals surface area (Å²) in [5.41, 5.74) is 3.01. The maximum atomic E-state index is 11.1. The van der Waals surface area contributed by atoms with Crippen molar-refractivity contribution in [2.75, 3.05) is 0 Å². The van der Waals surface area contributed by atoms with Crippen molar-refractivity contribution < 1.29 is 9.90 Å². The zero-order chi connectivity index (χ0) is 17.4. The van der Waals surface area contributed by atoms with Gasteiger partial charge < -0.3 is 5.11 Å². The highest BCUT2D eigenvalue weighted by Gasteiger charge is 2.19. The fourth-order valence-corrected chi connectivity index (χ4v) is 3.26. The predicted octanol–water partition coefficient (Wildman–Crippen LogP) is 5.94. The van der Waals surface area contributed by atoms with E-state index in [1.165, 1.54) is 50.7 Å². The highest BCUT2D eigenvalue weighted by Crippen LogP contribution is 2.33. The SMILES string of the molecule is C=C(C)C1CCC(CC)CC1.CCc1ccc(O)cc1C(C)=O. The molecule has 0 spiro atoms. The van der Waals surface area contributed by atoms with Gasteiger partial charge in [-0.05, 0) is 75.5 Å². The molecule has 128 valence electrons. The second-order valence-corrected chi connectivity index (χ2v) is 6.72. The van der Waals surface area contributed by atoms with Crippen molar-refractivity contribution in [2.24, 2.45) is 11.8 Å². The van der Waals surface area contributed by atoms with Gasteiger partial charge in [-0.1, -0.05) is 38.5 Å². The molecule has 1 saturated carbocycles. The van der Waals surface area contributed by atoms with Crippen molar-refractivity contribution in [3.05, 3.63) is 41.5 Å². The van der Waals surface area contributed by atoms with E-state index in [2.05, 4.69) is 20.4 Å². The molecular weight excluding hydrogens is 284 g/mol. The standard InChI is InChI=1S/C11H20.C10H12O2/c1-4-10-5-7-11(8-6-10)9(2)3;1-3-8-4-5-9(12)6-10(8)7(2)11/h10-11H,2,4-8H2,1,3H3;4-6,12H,3H2,1-2H3. The molecule has 0 atom stereocenters. The molecule has 0 saturated heterocycles. The Balaban J connectivity index is 0.000000231. The minimum Gasteiger partial charge on any atom is -0.508 e. The molecule has 0 aromatic heterocycles. The van der Waals surface area contributed by atoms with Gasteiger partial charge in [-0.15, -0.1) is 0 Å². The summed E-state index contributed by atoms with van der Waals surface area (Å²) in [5.74, 6) is 2.02. The summed E-state index contributed by atoms with van der Waals surface area (Å²) in [6, 6.07) is 4.90. The molecular formula is C21H32O2. The molecule has 0 heterocycles. The first kappa shape index (κ1) is 19.5. The molecule has 1 aromatic carbocycles. The summed E-state index contributed by atoms with van der Waals surface area (Å²) >= 11 is 0. The number of hydrogen-bond acceptors (Lipinski definition) is 2. The fourth-order valence-electron chi connectivity index (χ4n) is 3.26. The van der Waals surface area contributed by atoms with Crippen molar-refractivity contribution in [2.45, 2.75) is 66.2 Å². The molecule has 2 heteroatoms. The van der Waals surface area contributed by atoms with Gasteiger partial charge in [0.1, 0.15) is 5.75 Å². The first-order valence-electron chi connectivity index (χ1n) is 8.87. The second-order valence-electron chi connectivity index (χ2n) is 6.72. The lowest BCUT2D eigenvalue weighted by Crippen LogP contribution is -2.14. The number of allylic oxidation sites excluding steroid dienone is 1. The van der Waals surface area contributed by atoms with E-state index in [4.69, 9.17) is 5.11 Å². The number of hydrogen-bond donors (Lipinski definition) is 1. The zero-order valence-corrected chi connectivity index (χ0v) is 15.2. The van der Waals surface area contributed by atoms with Crippen LogP contribution in [0.2, 0.25) is 0 Å². The smallest absolute Gasteiger partial charge is 0.160 e. The molecule has 23 heavy (non-hydrogen) atoms. The Labute approximate surface area is 141 Å². The van der Waals surface area contributed by atoms with Crippen LogP contribution in [0.5, 0.6) is 5.75 Å². The number of rotatable bonds is 4. The highest BCUT2D eigenvalue weighted by molar-refractivity contribution is 5.95. The number of ketones is 1. The van der Waals surface area contributed by atoms with Crippen LogP contribution in [0.1, 0.15) is 75.7 Å². The van der Waals surface area contributed by atoms with E-state index < -0.39 is 0 Å². The first-order valence-corrected chi connectivity index (χ1v) is 8.87. The molecule has 2 rings (SSSR count). The predicted molar refractivity (Wildman–Crippen MR) is 98.0 cm³/mol. The molecule has 0 aliphatic heterocycles. The van der Waals surface area contributed by atoms with E-state index in [0.717, 1.165) is 23.8 Å². The molecule has 1 N–H and O–H groups in total. The Morgan fingerprint density at radius 2 is 1.78 bits per heavy atom. The van der Waals surface area contributed by atoms with E-state index in [9.17, 15) is 4.79 Å². The van der Waals surface area contributed by atoms with Crippen LogP contribution in [0, 0.1) is 11.8 Å². The van der Waals surface area contributed by atoms with Gasteiger partial charge in [-0.2, -0.15) is 0 Å². The lowest BCUT2D eigenvalue weighted by molar-refractivity contribution is 0.101. The van der Waals surface area contributed by atoms with E-state index in [1.54, 1.807) is 12.1 Å². The lowest BCUT2D eigenvalue weighted by Gasteiger charge is -2.27. The third-order valence-corrected chi connectivity index (χ3v) is 4.97. The van der Waals surface area contributed by atoms with Crippen LogP contribution in [0.4, 0.5) is 0 Å². The first-order chi connectivity index (χ1) is 10.9. The van der Waals surface area contributed by atoms with Gasteiger partial charge in [0.2, 0.25) is 0 Å². The summed E-state index contributed by atoms with van der Waals surface area (Å²) in [6.45, 7) is 12.0. The Morgan fingerprint density at radius 3 is 2.22 bits per heavy atom. The van der Waals surface area contributed by atoms with Crippen molar-refractivity contribution in [1.29, 1.82) is 0 Å². The molecule has 2 nitrogen and oxygen atoms in total. The van der Waals surface area contributed by atoms with Gasteiger partial charge in [0.25, 0.3) is 0 Å². The Bertz CT molecular complexity index is 523. The Morgan fingerprint density at radius 1 is 1.17 bits per heavy atom. The summed E-state index contributed by atoms with van der Waals surface area (Å²) in [5, 5.41) is 9.13. The number of phenolic OH excluding ortho intramolecular Hbond substituents is 1. The topological polar surface area (TPSA) is 37.3 Å². The van der Waals surface area contributed by atoms with E-state index >= 15 is 0 Å². The molecule has 0 radical (unpaired) electrons. The number of carbonyl (C=O) groups is 1. The van der Waals surface area contributed by atoms with Crippen LogP contribution in [-0.2, 0) is 6.42 Å². The van der Waals surface area contributed by atoms with Crippen molar-refractivity contribution >= 4 is 5.78 Å². The quantitative estimate of drug-likeness (QED) is 0.551. The van der Waals surface area contributed by atoms with Crippen molar-refractivity contribution in [3.63, 3.8) is 0 Å². The van der Waals surface area contributed by atoms with Crippen LogP contribution in [0.3, 0.4) is 0 Å². The van der Waals surface area contributed by atoms with E-state index in [0.29, 0.717) is 5.56 Å². The number of carbonyl (C=O) groups excluding carboxylic acids is 1. The molecule has 0 amide bonds. The molecule has 0 bridgehead atoms. The molecule has 0 unspecified atom stereocenters. The third-order valence-electron chi connectivity index (χ3n) is 4.97. The second kappa shape index (κ2) is 9.54. The minimum absolute atomic E-state index is 0.00255. The number of Topliss-reactive ketones (excluding diaryl/α,β-unsaturated/α-hetero) is 1. The number of aromatic hydroxyl groups is 1. The van der Waals surface area contributed by atoms with Gasteiger partial charge in [0.15, 0.2) is 5.78 Å². The molecule has 1 aliphatic carbocycles. The van der Waals surface area contributed by atoms with Gasteiger partial charge in [0.05, 0.1) is 0 Å². The maximum absolute atomic E-state index is 11.1. The molecule has 1 aliphatic rings. The van der Waals surface area contributed by atoms with Crippen LogP contribution in [0.15, 0.2) is 30.4 Å². The number of benzene rings is 1. The van der Waals surface area contributed by atoms with Crippen molar-refractivity contribution in [1.82, 2.24) is 0 Å². The molecule has 1 aromatic rings. The lowest BCUT2D eigenvalue weighted by atomic mass is 9.78. The van der Waals surface area contributed by atoms with Gasteiger partial charge in [-0.25, -0.2) is 0 Å². The Kier molecular flexibility index (Phi) is 8.08. The highest BCUT2D eigenvalue weighted by atomic mass is 16.3. The average molecular weight is 316 g/mol. The maximum Gasteiger partial charge on any atom is 0.160 e. The Hall–Kier alpha value is -1.57. The van der Waals surface area contributed by atoms with Gasteiger partial charge >= 0.3 is 0 Å². The van der Waals surface area contributed by atoms with Crippen LogP contribution >= 0.6 is 0 Å². The summed E-state index contributed by atoms with van der Waals surface area (Å²) in [4.78, 5) is 11.1. The zero-order valence-electron chi connectivity index (χ0n) is 15.2. The molecule has 1 fully saturated rings. The fraction of sp³-hybridized carbons (Fsp3) is 0.571. The van der Waals surface area contributed by atoms with Crippen LogP contribution in [0.25, 0.3) is 0 Å². The normalized spacial score (nSPS) is 20.3. The number of aryl methyl sites for hydroxylation is 1. The number of phenols is 1. The largest absolute Gasteiger partial charge is 0.508 e. The average Bonchev–Trinajstić information content (AvgIpc) is 2.55. The van der Waals surface area contributed by atoms with Gasteiger partial charge in [0, 0.05) is 5.56 Å².